The minimum Gasteiger partial charge on any atom is -0.414 e. The number of aromatic nitrogens is 1. The lowest BCUT2D eigenvalue weighted by molar-refractivity contribution is 0.127. The van der Waals surface area contributed by atoms with Crippen molar-refractivity contribution in [3.8, 4) is 0 Å². The smallest absolute Gasteiger partial charge is 0.112 e. The predicted octanol–water partition coefficient (Wildman–Crippen LogP) is 2.54. The molecule has 2 rings (SSSR count). The number of hydrogen-bond donors (Lipinski definition) is 1. The predicted molar refractivity (Wildman–Crippen MR) is 67.6 cm³/mol. The molecule has 3 nitrogen and oxygen atoms in total. The van der Waals surface area contributed by atoms with E-state index >= 15 is 0 Å². The van der Waals surface area contributed by atoms with Crippen molar-refractivity contribution < 1.29 is 4.84 Å². The standard InChI is InChI=1S/C13H18N2O/c1-4-10-9(3)15(16-5-2)12-8-6-7-11(14)13(10)12/h6-8H,4-5,14H2,1-3H3. The molecule has 0 atom stereocenters. The molecule has 0 saturated carbocycles. The molecule has 2 N–H and O–H groups in total. The van der Waals surface area contributed by atoms with Crippen LogP contribution in [0.4, 0.5) is 5.69 Å². The maximum absolute atomic E-state index is 6.04. The van der Waals surface area contributed by atoms with Crippen LogP contribution in [0.1, 0.15) is 25.1 Å². The van der Waals surface area contributed by atoms with Crippen molar-refractivity contribution in [1.29, 1.82) is 0 Å². The van der Waals surface area contributed by atoms with Crippen LogP contribution in [0.15, 0.2) is 18.2 Å². The highest BCUT2D eigenvalue weighted by atomic mass is 16.7. The van der Waals surface area contributed by atoms with Crippen LogP contribution in [-0.2, 0) is 6.42 Å². The highest BCUT2D eigenvalue weighted by Crippen LogP contribution is 2.30. The van der Waals surface area contributed by atoms with Crippen molar-refractivity contribution in [3.05, 3.63) is 29.5 Å². The zero-order valence-corrected chi connectivity index (χ0v) is 10.1. The average molecular weight is 218 g/mol. The van der Waals surface area contributed by atoms with Gasteiger partial charge in [0.25, 0.3) is 0 Å². The molecule has 0 aliphatic heterocycles. The van der Waals surface area contributed by atoms with Crippen molar-refractivity contribution >= 4 is 16.6 Å². The molecule has 0 radical (unpaired) electrons. The van der Waals surface area contributed by atoms with Gasteiger partial charge in [0.15, 0.2) is 0 Å². The molecule has 0 bridgehead atoms. The van der Waals surface area contributed by atoms with Crippen molar-refractivity contribution in [2.24, 2.45) is 0 Å². The minimum atomic E-state index is 0.655. The van der Waals surface area contributed by atoms with Crippen LogP contribution in [0.3, 0.4) is 0 Å². The molecule has 1 aromatic carbocycles. The number of benzene rings is 1. The molecule has 2 aromatic rings. The SMILES string of the molecule is CCOn1c(C)c(CC)c2c(N)cccc21. The number of rotatable bonds is 3. The largest absolute Gasteiger partial charge is 0.414 e. The Kier molecular flexibility index (Phi) is 2.77. The number of hydrogen-bond acceptors (Lipinski definition) is 2. The first-order valence-corrected chi connectivity index (χ1v) is 5.72. The third-order valence-corrected chi connectivity index (χ3v) is 2.95. The van der Waals surface area contributed by atoms with Crippen molar-refractivity contribution in [3.63, 3.8) is 0 Å². The monoisotopic (exact) mass is 218 g/mol. The van der Waals surface area contributed by atoms with Crippen molar-refractivity contribution in [1.82, 2.24) is 4.73 Å². The number of anilines is 1. The van der Waals surface area contributed by atoms with Gasteiger partial charge in [-0.05, 0) is 38.0 Å². The van der Waals surface area contributed by atoms with Gasteiger partial charge in [-0.25, -0.2) is 0 Å². The molecular weight excluding hydrogens is 200 g/mol. The molecule has 0 fully saturated rings. The molecule has 0 unspecified atom stereocenters. The van der Waals surface area contributed by atoms with E-state index in [1.165, 1.54) is 5.56 Å². The number of aryl methyl sites for hydroxylation is 1. The normalized spacial score (nSPS) is 10.9. The second kappa shape index (κ2) is 4.08. The summed E-state index contributed by atoms with van der Waals surface area (Å²) in [4.78, 5) is 5.65. The summed E-state index contributed by atoms with van der Waals surface area (Å²) in [6.07, 6.45) is 0.969. The molecule has 16 heavy (non-hydrogen) atoms. The lowest BCUT2D eigenvalue weighted by Crippen LogP contribution is -2.12. The molecule has 0 saturated heterocycles. The highest BCUT2D eigenvalue weighted by molar-refractivity contribution is 5.95. The summed E-state index contributed by atoms with van der Waals surface area (Å²) in [6, 6.07) is 5.96. The van der Waals surface area contributed by atoms with Crippen LogP contribution in [0.5, 0.6) is 0 Å². The van der Waals surface area contributed by atoms with Gasteiger partial charge < -0.3 is 10.6 Å². The Balaban J connectivity index is 2.81. The van der Waals surface area contributed by atoms with Gasteiger partial charge in [0.2, 0.25) is 0 Å². The first-order chi connectivity index (χ1) is 7.70. The van der Waals surface area contributed by atoms with E-state index in [2.05, 4.69) is 13.8 Å². The van der Waals surface area contributed by atoms with Crippen LogP contribution in [-0.4, -0.2) is 11.3 Å². The van der Waals surface area contributed by atoms with Gasteiger partial charge in [0.1, 0.15) is 6.61 Å². The van der Waals surface area contributed by atoms with Crippen LogP contribution in [0.25, 0.3) is 10.9 Å². The second-order valence-corrected chi connectivity index (χ2v) is 3.87. The fraction of sp³-hybridized carbons (Fsp3) is 0.385. The lowest BCUT2D eigenvalue weighted by Gasteiger charge is -2.08. The average Bonchev–Trinajstić information content (AvgIpc) is 2.54. The summed E-state index contributed by atoms with van der Waals surface area (Å²) in [6.45, 7) is 6.87. The highest BCUT2D eigenvalue weighted by Gasteiger charge is 2.15. The Labute approximate surface area is 95.8 Å². The van der Waals surface area contributed by atoms with E-state index < -0.39 is 0 Å². The molecule has 0 aliphatic carbocycles. The van der Waals surface area contributed by atoms with Gasteiger partial charge in [0, 0.05) is 11.1 Å². The van der Waals surface area contributed by atoms with Crippen LogP contribution in [0, 0.1) is 6.92 Å². The maximum atomic E-state index is 6.04. The van der Waals surface area contributed by atoms with E-state index in [4.69, 9.17) is 10.6 Å². The van der Waals surface area contributed by atoms with Crippen molar-refractivity contribution in [2.45, 2.75) is 27.2 Å². The zero-order valence-electron chi connectivity index (χ0n) is 10.1. The summed E-state index contributed by atoms with van der Waals surface area (Å²) in [5, 5.41) is 1.14. The fourth-order valence-corrected chi connectivity index (χ4v) is 2.27. The summed E-state index contributed by atoms with van der Waals surface area (Å²) >= 11 is 0. The van der Waals surface area contributed by atoms with Crippen LogP contribution < -0.4 is 10.6 Å². The van der Waals surface area contributed by atoms with Gasteiger partial charge in [0.05, 0.1) is 11.2 Å². The number of fused-ring (bicyclic) bond motifs is 1. The minimum absolute atomic E-state index is 0.655. The molecule has 1 heterocycles. The number of nitrogen functional groups attached to an aromatic ring is 1. The molecule has 0 amide bonds. The Hall–Kier alpha value is -1.64. The maximum Gasteiger partial charge on any atom is 0.112 e. The van der Waals surface area contributed by atoms with E-state index in [1.54, 1.807) is 0 Å². The Bertz CT molecular complexity index is 514. The molecule has 0 aliphatic rings. The third kappa shape index (κ3) is 1.43. The van der Waals surface area contributed by atoms with E-state index in [-0.39, 0.29) is 0 Å². The topological polar surface area (TPSA) is 40.2 Å². The first-order valence-electron chi connectivity index (χ1n) is 5.72. The Morgan fingerprint density at radius 1 is 1.31 bits per heavy atom. The van der Waals surface area contributed by atoms with Crippen molar-refractivity contribution in [2.75, 3.05) is 12.3 Å². The fourth-order valence-electron chi connectivity index (χ4n) is 2.27. The summed E-state index contributed by atoms with van der Waals surface area (Å²) in [7, 11) is 0. The van der Waals surface area contributed by atoms with E-state index in [0.29, 0.717) is 6.61 Å². The molecule has 0 spiro atoms. The van der Waals surface area contributed by atoms with Crippen LogP contribution >= 0.6 is 0 Å². The van der Waals surface area contributed by atoms with Gasteiger partial charge in [-0.15, -0.1) is 0 Å². The summed E-state index contributed by atoms with van der Waals surface area (Å²) < 4.78 is 1.89. The van der Waals surface area contributed by atoms with Gasteiger partial charge in [-0.3, -0.25) is 0 Å². The molecule has 86 valence electrons. The van der Waals surface area contributed by atoms with Gasteiger partial charge >= 0.3 is 0 Å². The summed E-state index contributed by atoms with van der Waals surface area (Å²) in [5.74, 6) is 0. The molecule has 1 aromatic heterocycles. The number of nitrogens with two attached hydrogens (primary N) is 1. The van der Waals surface area contributed by atoms with E-state index in [0.717, 1.165) is 28.7 Å². The second-order valence-electron chi connectivity index (χ2n) is 3.87. The van der Waals surface area contributed by atoms with Gasteiger partial charge in [-0.2, -0.15) is 4.73 Å². The quantitative estimate of drug-likeness (QED) is 0.804. The summed E-state index contributed by atoms with van der Waals surface area (Å²) in [5.41, 5.74) is 10.4. The third-order valence-electron chi connectivity index (χ3n) is 2.95. The van der Waals surface area contributed by atoms with E-state index in [9.17, 15) is 0 Å². The lowest BCUT2D eigenvalue weighted by atomic mass is 10.1. The first kappa shape index (κ1) is 10.9. The van der Waals surface area contributed by atoms with Gasteiger partial charge in [-0.1, -0.05) is 13.0 Å². The Morgan fingerprint density at radius 3 is 2.69 bits per heavy atom. The molecule has 3 heteroatoms. The van der Waals surface area contributed by atoms with Crippen LogP contribution in [0.2, 0.25) is 0 Å². The zero-order chi connectivity index (χ0) is 11.7. The molecular formula is C13H18N2O. The van der Waals surface area contributed by atoms with E-state index in [1.807, 2.05) is 29.9 Å². The Morgan fingerprint density at radius 2 is 2.06 bits per heavy atom. The number of nitrogens with zero attached hydrogens (tertiary/aromatic N) is 1.